The van der Waals surface area contributed by atoms with Gasteiger partial charge in [-0.15, -0.1) is 0 Å². The molecule has 0 radical (unpaired) electrons. The Morgan fingerprint density at radius 1 is 1.56 bits per heavy atom. The molecule has 1 rings (SSSR count). The second-order valence-electron chi connectivity index (χ2n) is 3.28. The first-order chi connectivity index (χ1) is 7.36. The van der Waals surface area contributed by atoms with Crippen LogP contribution in [0.15, 0.2) is 16.9 Å². The molecule has 0 amide bonds. The molecule has 1 unspecified atom stereocenters. The largest absolute Gasteiger partial charge is 0.480 e. The number of pyridine rings is 1. The van der Waals surface area contributed by atoms with E-state index in [4.69, 9.17) is 5.11 Å². The van der Waals surface area contributed by atoms with Crippen molar-refractivity contribution in [1.82, 2.24) is 4.57 Å². The molecule has 0 aliphatic carbocycles. The van der Waals surface area contributed by atoms with Gasteiger partial charge in [-0.3, -0.25) is 19.5 Å². The second-order valence-corrected chi connectivity index (χ2v) is 3.28. The van der Waals surface area contributed by atoms with Gasteiger partial charge in [0.05, 0.1) is 10.6 Å². The van der Waals surface area contributed by atoms with Gasteiger partial charge in [-0.25, -0.2) is 4.79 Å². The van der Waals surface area contributed by atoms with E-state index in [2.05, 4.69) is 0 Å². The van der Waals surface area contributed by atoms with E-state index in [0.717, 1.165) is 16.7 Å². The Morgan fingerprint density at radius 3 is 2.56 bits per heavy atom. The van der Waals surface area contributed by atoms with E-state index >= 15 is 0 Å². The lowest BCUT2D eigenvalue weighted by molar-refractivity contribution is -0.386. The third-order valence-electron chi connectivity index (χ3n) is 2.29. The number of carbonyl (C=O) groups is 1. The second kappa shape index (κ2) is 4.13. The molecule has 1 aromatic heterocycles. The maximum Gasteiger partial charge on any atom is 0.326 e. The highest BCUT2D eigenvalue weighted by Crippen LogP contribution is 2.17. The fourth-order valence-corrected chi connectivity index (χ4v) is 1.42. The molecule has 16 heavy (non-hydrogen) atoms. The predicted octanol–water partition coefficient (Wildman–Crippen LogP) is 0.711. The van der Waals surface area contributed by atoms with Gasteiger partial charge >= 0.3 is 5.97 Å². The molecule has 0 aliphatic heterocycles. The van der Waals surface area contributed by atoms with E-state index in [1.807, 2.05) is 0 Å². The van der Waals surface area contributed by atoms with E-state index in [-0.39, 0.29) is 11.4 Å². The molecule has 0 aliphatic rings. The van der Waals surface area contributed by atoms with E-state index < -0.39 is 22.5 Å². The van der Waals surface area contributed by atoms with Gasteiger partial charge in [-0.05, 0) is 13.8 Å². The lowest BCUT2D eigenvalue weighted by atomic mass is 10.2. The van der Waals surface area contributed by atoms with Gasteiger partial charge in [0.2, 0.25) is 0 Å². The molecule has 0 spiro atoms. The first-order valence-corrected chi connectivity index (χ1v) is 4.45. The summed E-state index contributed by atoms with van der Waals surface area (Å²) in [5, 5.41) is 19.4. The summed E-state index contributed by atoms with van der Waals surface area (Å²) in [6, 6.07) is 0.931. The lowest BCUT2D eigenvalue weighted by Crippen LogP contribution is -2.29. The van der Waals surface area contributed by atoms with Crippen molar-refractivity contribution in [2.24, 2.45) is 0 Å². The molecule has 1 N–H and O–H groups in total. The van der Waals surface area contributed by atoms with Crippen molar-refractivity contribution in [3.63, 3.8) is 0 Å². The first-order valence-electron chi connectivity index (χ1n) is 4.45. The Labute approximate surface area is 90.1 Å². The monoisotopic (exact) mass is 226 g/mol. The molecule has 0 saturated carbocycles. The minimum Gasteiger partial charge on any atom is -0.480 e. The van der Waals surface area contributed by atoms with Crippen LogP contribution in [0.5, 0.6) is 0 Å². The highest BCUT2D eigenvalue weighted by atomic mass is 16.6. The average Bonchev–Trinajstić information content (AvgIpc) is 2.16. The van der Waals surface area contributed by atoms with Crippen LogP contribution in [-0.2, 0) is 4.79 Å². The molecular weight excluding hydrogens is 216 g/mol. The van der Waals surface area contributed by atoms with Gasteiger partial charge in [-0.2, -0.15) is 0 Å². The Morgan fingerprint density at radius 2 is 2.12 bits per heavy atom. The number of aliphatic carboxylic acids is 1. The van der Waals surface area contributed by atoms with Crippen LogP contribution in [0, 0.1) is 17.0 Å². The number of rotatable bonds is 3. The van der Waals surface area contributed by atoms with Crippen molar-refractivity contribution >= 4 is 11.7 Å². The quantitative estimate of drug-likeness (QED) is 0.603. The zero-order valence-electron chi connectivity index (χ0n) is 8.71. The topological polar surface area (TPSA) is 102 Å². The molecule has 0 aromatic carbocycles. The third-order valence-corrected chi connectivity index (χ3v) is 2.29. The molecule has 7 nitrogen and oxygen atoms in total. The minimum atomic E-state index is -1.22. The molecule has 0 saturated heterocycles. The maximum atomic E-state index is 11.4. The van der Waals surface area contributed by atoms with Crippen LogP contribution in [-0.4, -0.2) is 20.6 Å². The number of hydrogen-bond acceptors (Lipinski definition) is 4. The van der Waals surface area contributed by atoms with Crippen LogP contribution in [0.1, 0.15) is 18.7 Å². The molecule has 0 bridgehead atoms. The van der Waals surface area contributed by atoms with Crippen LogP contribution >= 0.6 is 0 Å². The van der Waals surface area contributed by atoms with Gasteiger partial charge in [0, 0.05) is 12.1 Å². The average molecular weight is 226 g/mol. The van der Waals surface area contributed by atoms with Crippen molar-refractivity contribution < 1.29 is 14.8 Å². The van der Waals surface area contributed by atoms with Crippen LogP contribution in [0.2, 0.25) is 0 Å². The SMILES string of the molecule is Cc1c([N+](=O)[O-])ccc(=O)n1C(C)C(=O)O. The van der Waals surface area contributed by atoms with Crippen molar-refractivity contribution in [2.45, 2.75) is 19.9 Å². The van der Waals surface area contributed by atoms with Gasteiger partial charge in [-0.1, -0.05) is 0 Å². The minimum absolute atomic E-state index is 0.0346. The number of nitrogens with zero attached hydrogens (tertiary/aromatic N) is 2. The van der Waals surface area contributed by atoms with E-state index in [1.54, 1.807) is 0 Å². The Hall–Kier alpha value is -2.18. The standard InChI is InChI=1S/C9H10N2O5/c1-5-7(11(15)16)3-4-8(12)10(5)6(2)9(13)14/h3-4,6H,1-2H3,(H,13,14). The van der Waals surface area contributed by atoms with Crippen molar-refractivity contribution in [1.29, 1.82) is 0 Å². The summed E-state index contributed by atoms with van der Waals surface area (Å²) < 4.78 is 0.889. The third kappa shape index (κ3) is 1.92. The van der Waals surface area contributed by atoms with Crippen molar-refractivity contribution in [3.8, 4) is 0 Å². The van der Waals surface area contributed by atoms with Gasteiger partial charge in [0.1, 0.15) is 6.04 Å². The number of carboxylic acid groups (broad SMARTS) is 1. The van der Waals surface area contributed by atoms with Crippen molar-refractivity contribution in [3.05, 3.63) is 38.3 Å². The smallest absolute Gasteiger partial charge is 0.326 e. The van der Waals surface area contributed by atoms with E-state index in [9.17, 15) is 19.7 Å². The molecular formula is C9H10N2O5. The number of hydrogen-bond donors (Lipinski definition) is 1. The fourth-order valence-electron chi connectivity index (χ4n) is 1.42. The highest BCUT2D eigenvalue weighted by molar-refractivity contribution is 5.71. The predicted molar refractivity (Wildman–Crippen MR) is 54.4 cm³/mol. The molecule has 1 aromatic rings. The summed E-state index contributed by atoms with van der Waals surface area (Å²) in [7, 11) is 0. The normalized spacial score (nSPS) is 12.1. The van der Waals surface area contributed by atoms with Gasteiger partial charge < -0.3 is 5.11 Å². The molecule has 7 heteroatoms. The van der Waals surface area contributed by atoms with Crippen LogP contribution in [0.3, 0.4) is 0 Å². The number of aromatic nitrogens is 1. The molecule has 1 heterocycles. The first kappa shape index (κ1) is 11.9. The van der Waals surface area contributed by atoms with Crippen LogP contribution in [0.25, 0.3) is 0 Å². The Kier molecular flexibility index (Phi) is 3.07. The zero-order chi connectivity index (χ0) is 12.5. The summed E-state index contributed by atoms with van der Waals surface area (Å²) >= 11 is 0. The summed E-state index contributed by atoms with van der Waals surface area (Å²) in [5.74, 6) is -1.22. The van der Waals surface area contributed by atoms with Crippen LogP contribution in [0.4, 0.5) is 5.69 Å². The summed E-state index contributed by atoms with van der Waals surface area (Å²) in [6.07, 6.45) is 0. The zero-order valence-corrected chi connectivity index (χ0v) is 8.71. The Bertz CT molecular complexity index is 505. The molecule has 0 fully saturated rings. The summed E-state index contributed by atoms with van der Waals surface area (Å²) in [4.78, 5) is 32.2. The lowest BCUT2D eigenvalue weighted by Gasteiger charge is -2.13. The fraction of sp³-hybridized carbons (Fsp3) is 0.333. The number of nitro groups is 1. The highest BCUT2D eigenvalue weighted by Gasteiger charge is 2.22. The van der Waals surface area contributed by atoms with Crippen molar-refractivity contribution in [2.75, 3.05) is 0 Å². The van der Waals surface area contributed by atoms with Gasteiger partial charge in [0.25, 0.3) is 11.2 Å². The Balaban J connectivity index is 3.49. The molecule has 86 valence electrons. The molecule has 1 atom stereocenters. The summed E-state index contributed by atoms with van der Waals surface area (Å²) in [6.45, 7) is 2.64. The van der Waals surface area contributed by atoms with Gasteiger partial charge in [0.15, 0.2) is 0 Å². The number of carboxylic acids is 1. The van der Waals surface area contributed by atoms with Crippen LogP contribution < -0.4 is 5.56 Å². The van der Waals surface area contributed by atoms with E-state index in [0.29, 0.717) is 0 Å². The van der Waals surface area contributed by atoms with E-state index in [1.165, 1.54) is 13.8 Å². The summed E-state index contributed by atoms with van der Waals surface area (Å²) in [5.41, 5.74) is -0.807. The maximum absolute atomic E-state index is 11.4.